The van der Waals surface area contributed by atoms with Crippen LogP contribution in [0.5, 0.6) is 0 Å². The average molecular weight is 419 g/mol. The highest BCUT2D eigenvalue weighted by molar-refractivity contribution is 6.34. The lowest BCUT2D eigenvalue weighted by Crippen LogP contribution is -2.14. The fourth-order valence-corrected chi connectivity index (χ4v) is 3.01. The number of halogens is 1. The smallest absolute Gasteiger partial charge is 0.338 e. The molecule has 1 heterocycles. The molecule has 0 aliphatic heterocycles. The van der Waals surface area contributed by atoms with Crippen molar-refractivity contribution >= 4 is 23.4 Å². The first-order valence-corrected chi connectivity index (χ1v) is 9.44. The summed E-state index contributed by atoms with van der Waals surface area (Å²) in [4.78, 5) is 24.4. The molecule has 0 bridgehead atoms. The van der Waals surface area contributed by atoms with E-state index < -0.39 is 12.6 Å². The average Bonchev–Trinajstić information content (AvgIpc) is 3.29. The van der Waals surface area contributed by atoms with Crippen LogP contribution >= 0.6 is 11.6 Å². The first kappa shape index (κ1) is 19.5. The van der Waals surface area contributed by atoms with Crippen LogP contribution in [0.4, 0.5) is 0 Å². The van der Waals surface area contributed by atoms with Crippen molar-refractivity contribution in [1.82, 2.24) is 10.2 Å². The van der Waals surface area contributed by atoms with E-state index in [1.807, 2.05) is 30.3 Å². The molecule has 1 aromatic heterocycles. The molecule has 0 atom stereocenters. The van der Waals surface area contributed by atoms with Crippen LogP contribution in [0.15, 0.2) is 83.3 Å². The third-order valence-corrected chi connectivity index (χ3v) is 4.65. The van der Waals surface area contributed by atoms with Crippen LogP contribution in [-0.4, -0.2) is 28.6 Å². The highest BCUT2D eigenvalue weighted by Crippen LogP contribution is 2.24. The Hall–Kier alpha value is -3.77. The minimum atomic E-state index is -0.613. The van der Waals surface area contributed by atoms with Crippen molar-refractivity contribution < 1.29 is 18.7 Å². The van der Waals surface area contributed by atoms with Crippen LogP contribution in [0.1, 0.15) is 20.7 Å². The first-order chi connectivity index (χ1) is 14.6. The summed E-state index contributed by atoms with van der Waals surface area (Å²) >= 11 is 5.99. The number of hydrogen-bond acceptors (Lipinski definition) is 6. The van der Waals surface area contributed by atoms with E-state index in [4.69, 9.17) is 20.8 Å². The summed E-state index contributed by atoms with van der Waals surface area (Å²) in [6.07, 6.45) is 0. The van der Waals surface area contributed by atoms with Gasteiger partial charge in [0.25, 0.3) is 0 Å². The number of ketones is 1. The van der Waals surface area contributed by atoms with Gasteiger partial charge in [0.05, 0.1) is 10.6 Å². The molecule has 0 spiro atoms. The van der Waals surface area contributed by atoms with Crippen molar-refractivity contribution in [2.45, 2.75) is 0 Å². The van der Waals surface area contributed by atoms with Crippen LogP contribution in [0.3, 0.4) is 0 Å². The van der Waals surface area contributed by atoms with E-state index in [0.29, 0.717) is 33.5 Å². The van der Waals surface area contributed by atoms with Crippen molar-refractivity contribution in [3.8, 4) is 22.9 Å². The molecule has 0 saturated carbocycles. The van der Waals surface area contributed by atoms with Gasteiger partial charge in [-0.15, -0.1) is 10.2 Å². The Kier molecular flexibility index (Phi) is 5.68. The lowest BCUT2D eigenvalue weighted by molar-refractivity contribution is 0.0475. The largest absolute Gasteiger partial charge is 0.454 e. The highest BCUT2D eigenvalue weighted by Gasteiger charge is 2.15. The fourth-order valence-electron chi connectivity index (χ4n) is 2.77. The van der Waals surface area contributed by atoms with Crippen molar-refractivity contribution in [1.29, 1.82) is 0 Å². The summed E-state index contributed by atoms with van der Waals surface area (Å²) in [5.74, 6) is -0.239. The zero-order valence-corrected chi connectivity index (χ0v) is 16.4. The van der Waals surface area contributed by atoms with Crippen molar-refractivity contribution in [3.05, 3.63) is 95.0 Å². The summed E-state index contributed by atoms with van der Waals surface area (Å²) in [7, 11) is 0. The Morgan fingerprint density at radius 2 is 1.40 bits per heavy atom. The van der Waals surface area contributed by atoms with Gasteiger partial charge in [-0.25, -0.2) is 4.79 Å². The Morgan fingerprint density at radius 1 is 0.800 bits per heavy atom. The van der Waals surface area contributed by atoms with E-state index in [0.717, 1.165) is 5.56 Å². The molecule has 6 nitrogen and oxygen atoms in total. The van der Waals surface area contributed by atoms with Gasteiger partial charge in [-0.05, 0) is 48.5 Å². The Bertz CT molecular complexity index is 1190. The Balaban J connectivity index is 1.41. The molecule has 0 amide bonds. The summed E-state index contributed by atoms with van der Waals surface area (Å²) < 4.78 is 10.8. The number of carbonyl (C=O) groups excluding carboxylic acids is 2. The van der Waals surface area contributed by atoms with E-state index >= 15 is 0 Å². The maximum atomic E-state index is 12.2. The molecule has 0 unspecified atom stereocenters. The van der Waals surface area contributed by atoms with Gasteiger partial charge in [0.15, 0.2) is 6.61 Å². The quantitative estimate of drug-likeness (QED) is 0.320. The van der Waals surface area contributed by atoms with Crippen molar-refractivity contribution in [2.24, 2.45) is 0 Å². The second-order valence-electron chi connectivity index (χ2n) is 6.33. The van der Waals surface area contributed by atoms with E-state index in [1.54, 1.807) is 48.5 Å². The molecule has 0 radical (unpaired) electrons. The summed E-state index contributed by atoms with van der Waals surface area (Å²) in [6.45, 7) is -0.394. The zero-order valence-electron chi connectivity index (χ0n) is 15.6. The molecule has 0 aliphatic rings. The minimum absolute atomic E-state index is 0.300. The lowest BCUT2D eigenvalue weighted by Gasteiger charge is -2.06. The highest BCUT2D eigenvalue weighted by atomic mass is 35.5. The molecule has 4 aromatic rings. The van der Waals surface area contributed by atoms with Crippen LogP contribution in [-0.2, 0) is 4.74 Å². The molecular formula is C23H15ClN2O4. The van der Waals surface area contributed by atoms with Gasteiger partial charge < -0.3 is 9.15 Å². The van der Waals surface area contributed by atoms with Gasteiger partial charge in [-0.2, -0.15) is 0 Å². The predicted octanol–water partition coefficient (Wildman–Crippen LogP) is 5.10. The number of carbonyl (C=O) groups is 2. The molecular weight excluding hydrogens is 404 g/mol. The number of esters is 1. The number of aromatic nitrogens is 2. The topological polar surface area (TPSA) is 82.3 Å². The number of rotatable bonds is 6. The number of ether oxygens (including phenoxy) is 1. The third-order valence-electron chi connectivity index (χ3n) is 4.32. The minimum Gasteiger partial charge on any atom is -0.454 e. The van der Waals surface area contributed by atoms with Gasteiger partial charge in [-0.3, -0.25) is 4.79 Å². The van der Waals surface area contributed by atoms with Crippen LogP contribution in [0.25, 0.3) is 22.9 Å². The normalized spacial score (nSPS) is 10.6. The molecule has 4 rings (SSSR count). The maximum absolute atomic E-state index is 12.2. The number of Topliss-reactive ketones (excluding diaryl/α,β-unsaturated/α-hetero) is 1. The second kappa shape index (κ2) is 8.71. The van der Waals surface area contributed by atoms with Gasteiger partial charge in [0, 0.05) is 16.7 Å². The zero-order chi connectivity index (χ0) is 20.9. The molecule has 0 N–H and O–H groups in total. The third kappa shape index (κ3) is 4.29. The fraction of sp³-hybridized carbons (Fsp3) is 0.0435. The molecule has 3 aromatic carbocycles. The van der Waals surface area contributed by atoms with E-state index in [1.165, 1.54) is 0 Å². The molecule has 148 valence electrons. The maximum Gasteiger partial charge on any atom is 0.338 e. The van der Waals surface area contributed by atoms with Crippen LogP contribution in [0.2, 0.25) is 5.02 Å². The Labute approximate surface area is 177 Å². The molecule has 0 fully saturated rings. The lowest BCUT2D eigenvalue weighted by atomic mass is 10.1. The predicted molar refractivity (Wildman–Crippen MR) is 111 cm³/mol. The van der Waals surface area contributed by atoms with E-state index in [9.17, 15) is 9.59 Å². The van der Waals surface area contributed by atoms with Crippen molar-refractivity contribution in [3.63, 3.8) is 0 Å². The molecule has 0 aliphatic carbocycles. The van der Waals surface area contributed by atoms with E-state index in [2.05, 4.69) is 10.2 Å². The second-order valence-corrected chi connectivity index (χ2v) is 6.74. The standard InChI is InChI=1S/C23H15ClN2O4/c24-19-9-5-4-8-18(19)20(27)14-29-23(28)17-12-10-16(11-13-17)22-26-25-21(30-22)15-6-2-1-3-7-15/h1-13H,14H2. The van der Waals surface area contributed by atoms with E-state index in [-0.39, 0.29) is 5.78 Å². The Morgan fingerprint density at radius 3 is 2.07 bits per heavy atom. The molecule has 30 heavy (non-hydrogen) atoms. The number of hydrogen-bond donors (Lipinski definition) is 0. The van der Waals surface area contributed by atoms with Gasteiger partial charge >= 0.3 is 5.97 Å². The SMILES string of the molecule is O=C(OCC(=O)c1ccccc1Cl)c1ccc(-c2nnc(-c3ccccc3)o2)cc1. The van der Waals surface area contributed by atoms with Crippen LogP contribution < -0.4 is 0 Å². The summed E-state index contributed by atoms with van der Waals surface area (Å²) in [5, 5.41) is 8.41. The monoisotopic (exact) mass is 418 g/mol. The molecule has 0 saturated heterocycles. The first-order valence-electron chi connectivity index (χ1n) is 9.06. The molecule has 7 heteroatoms. The van der Waals surface area contributed by atoms with Gasteiger partial charge in [0.1, 0.15) is 0 Å². The number of nitrogens with zero attached hydrogens (tertiary/aromatic N) is 2. The summed E-state index contributed by atoms with van der Waals surface area (Å²) in [6, 6.07) is 22.5. The van der Waals surface area contributed by atoms with Gasteiger partial charge in [0.2, 0.25) is 17.6 Å². The van der Waals surface area contributed by atoms with Crippen LogP contribution in [0, 0.1) is 0 Å². The van der Waals surface area contributed by atoms with Gasteiger partial charge in [-0.1, -0.05) is 41.9 Å². The summed E-state index contributed by atoms with van der Waals surface area (Å²) in [5.41, 5.74) is 2.09. The van der Waals surface area contributed by atoms with Crippen molar-refractivity contribution in [2.75, 3.05) is 6.61 Å². The number of benzene rings is 3.